The van der Waals surface area contributed by atoms with E-state index < -0.39 is 6.09 Å². The van der Waals surface area contributed by atoms with E-state index >= 15 is 0 Å². The fourth-order valence-corrected chi connectivity index (χ4v) is 2.61. The molecular formula is C19H23NO4. The highest BCUT2D eigenvalue weighted by Crippen LogP contribution is 2.27. The first kappa shape index (κ1) is 17.8. The number of nitrogens with zero attached hydrogens (tertiary/aromatic N) is 1. The third-order valence-electron chi connectivity index (χ3n) is 3.91. The predicted molar refractivity (Wildman–Crippen MR) is 92.7 cm³/mol. The molecule has 0 aliphatic rings. The number of hydroxylamine groups is 1. The van der Waals surface area contributed by atoms with Crippen molar-refractivity contribution in [2.75, 3.05) is 12.2 Å². The second kappa shape index (κ2) is 7.84. The lowest BCUT2D eigenvalue weighted by atomic mass is 10.0. The minimum Gasteiger partial charge on any atom is -0.489 e. The Morgan fingerprint density at radius 2 is 1.96 bits per heavy atom. The van der Waals surface area contributed by atoms with Crippen LogP contribution in [0, 0.1) is 13.8 Å². The first-order chi connectivity index (χ1) is 11.5. The van der Waals surface area contributed by atoms with E-state index in [1.807, 2.05) is 39.0 Å². The van der Waals surface area contributed by atoms with E-state index in [4.69, 9.17) is 4.74 Å². The van der Waals surface area contributed by atoms with E-state index in [1.54, 1.807) is 12.1 Å². The van der Waals surface area contributed by atoms with Gasteiger partial charge in [-0.2, -0.15) is 5.06 Å². The summed E-state index contributed by atoms with van der Waals surface area (Å²) in [5.41, 5.74) is 4.33. The summed E-state index contributed by atoms with van der Waals surface area (Å²) in [5.74, 6) is 0.778. The van der Waals surface area contributed by atoms with Crippen LogP contribution >= 0.6 is 0 Å². The lowest BCUT2D eigenvalue weighted by molar-refractivity contribution is 0.140. The number of anilines is 1. The highest BCUT2D eigenvalue weighted by atomic mass is 16.6. The van der Waals surface area contributed by atoms with Gasteiger partial charge in [0.1, 0.15) is 12.4 Å². The molecule has 0 unspecified atom stereocenters. The van der Waals surface area contributed by atoms with Crippen LogP contribution < -0.4 is 9.80 Å². The molecule has 2 aromatic rings. The molecule has 128 valence electrons. The van der Waals surface area contributed by atoms with Gasteiger partial charge >= 0.3 is 6.09 Å². The van der Waals surface area contributed by atoms with E-state index in [-0.39, 0.29) is 6.61 Å². The molecule has 0 bridgehead atoms. The molecule has 0 saturated carbocycles. The lowest BCUT2D eigenvalue weighted by Crippen LogP contribution is -2.28. The topological polar surface area (TPSA) is 59.0 Å². The van der Waals surface area contributed by atoms with Gasteiger partial charge in [-0.15, -0.1) is 0 Å². The minimum absolute atomic E-state index is 0.247. The van der Waals surface area contributed by atoms with Crippen molar-refractivity contribution in [3.8, 4) is 5.75 Å². The van der Waals surface area contributed by atoms with Gasteiger partial charge in [-0.05, 0) is 43.5 Å². The molecule has 0 saturated heterocycles. The predicted octanol–water partition coefficient (Wildman–Crippen LogP) is 4.41. The van der Waals surface area contributed by atoms with Crippen LogP contribution in [0.25, 0.3) is 0 Å². The largest absolute Gasteiger partial charge is 0.489 e. The summed E-state index contributed by atoms with van der Waals surface area (Å²) in [6.45, 7) is 6.28. The van der Waals surface area contributed by atoms with Gasteiger partial charge in [-0.1, -0.05) is 36.8 Å². The molecule has 0 spiro atoms. The van der Waals surface area contributed by atoms with Crippen molar-refractivity contribution in [1.82, 2.24) is 0 Å². The van der Waals surface area contributed by atoms with Crippen molar-refractivity contribution in [3.63, 3.8) is 0 Å². The number of amides is 1. The highest BCUT2D eigenvalue weighted by Gasteiger charge is 2.19. The van der Waals surface area contributed by atoms with Gasteiger partial charge in [-0.3, -0.25) is 5.21 Å². The van der Waals surface area contributed by atoms with Crippen LogP contribution in [-0.2, 0) is 17.8 Å². The van der Waals surface area contributed by atoms with Crippen LogP contribution in [-0.4, -0.2) is 18.4 Å². The number of hydrogen-bond donors (Lipinski definition) is 1. The Morgan fingerprint density at radius 3 is 2.58 bits per heavy atom. The van der Waals surface area contributed by atoms with Crippen molar-refractivity contribution in [2.45, 2.75) is 33.8 Å². The third-order valence-corrected chi connectivity index (χ3v) is 3.91. The number of methoxy groups -OCH3 is 1. The Balaban J connectivity index is 2.32. The van der Waals surface area contributed by atoms with Gasteiger partial charge in [-0.25, -0.2) is 4.79 Å². The zero-order chi connectivity index (χ0) is 17.7. The lowest BCUT2D eigenvalue weighted by Gasteiger charge is -2.20. The van der Waals surface area contributed by atoms with Gasteiger partial charge < -0.3 is 9.47 Å². The fourth-order valence-electron chi connectivity index (χ4n) is 2.61. The van der Waals surface area contributed by atoms with Crippen LogP contribution in [0.2, 0.25) is 0 Å². The molecule has 5 nitrogen and oxygen atoms in total. The van der Waals surface area contributed by atoms with Crippen LogP contribution in [0.5, 0.6) is 5.75 Å². The Hall–Kier alpha value is -2.53. The Morgan fingerprint density at radius 1 is 1.21 bits per heavy atom. The summed E-state index contributed by atoms with van der Waals surface area (Å²) >= 11 is 0. The first-order valence-corrected chi connectivity index (χ1v) is 7.85. The third kappa shape index (κ3) is 3.86. The molecule has 0 radical (unpaired) electrons. The van der Waals surface area contributed by atoms with Crippen LogP contribution in [0.3, 0.4) is 0 Å². The standard InChI is InChI=1S/C19H23NO4/c1-5-15-7-6-8-17(20(22)19(21)23-4)16(15)12-24-18-10-9-13(2)11-14(18)3/h6-11,22H,5,12H2,1-4H3. The minimum atomic E-state index is -0.837. The molecule has 0 heterocycles. The number of ether oxygens (including phenoxy) is 2. The zero-order valence-electron chi connectivity index (χ0n) is 14.5. The molecule has 1 N–H and O–H groups in total. The molecule has 5 heteroatoms. The summed E-state index contributed by atoms with van der Waals surface area (Å²) < 4.78 is 10.5. The van der Waals surface area contributed by atoms with Crippen molar-refractivity contribution in [1.29, 1.82) is 0 Å². The highest BCUT2D eigenvalue weighted by molar-refractivity contribution is 5.86. The van der Waals surface area contributed by atoms with Crippen molar-refractivity contribution >= 4 is 11.8 Å². The maximum Gasteiger partial charge on any atom is 0.438 e. The molecule has 0 fully saturated rings. The fraction of sp³-hybridized carbons (Fsp3) is 0.316. The van der Waals surface area contributed by atoms with E-state index in [1.165, 1.54) is 12.7 Å². The van der Waals surface area contributed by atoms with E-state index in [0.29, 0.717) is 10.8 Å². The number of aryl methyl sites for hydroxylation is 3. The molecule has 0 aliphatic heterocycles. The summed E-state index contributed by atoms with van der Waals surface area (Å²) in [6, 6.07) is 11.4. The normalized spacial score (nSPS) is 10.4. The Kier molecular flexibility index (Phi) is 5.82. The Labute approximate surface area is 142 Å². The first-order valence-electron chi connectivity index (χ1n) is 7.85. The second-order valence-electron chi connectivity index (χ2n) is 5.61. The molecule has 24 heavy (non-hydrogen) atoms. The monoisotopic (exact) mass is 329 g/mol. The summed E-state index contributed by atoms with van der Waals surface area (Å²) in [6.07, 6.45) is -0.0787. The maximum absolute atomic E-state index is 11.6. The van der Waals surface area contributed by atoms with E-state index in [9.17, 15) is 10.0 Å². The number of hydrogen-bond acceptors (Lipinski definition) is 4. The van der Waals surface area contributed by atoms with Crippen molar-refractivity contribution in [3.05, 3.63) is 58.7 Å². The number of rotatable bonds is 5. The average Bonchev–Trinajstić information content (AvgIpc) is 2.59. The van der Waals surface area contributed by atoms with Gasteiger partial charge in [0, 0.05) is 5.56 Å². The number of carbonyl (C=O) groups excluding carboxylic acids is 1. The molecule has 0 aromatic heterocycles. The summed E-state index contributed by atoms with van der Waals surface area (Å²) in [5, 5.41) is 10.6. The van der Waals surface area contributed by atoms with Crippen LogP contribution in [0.4, 0.5) is 10.5 Å². The zero-order valence-corrected chi connectivity index (χ0v) is 14.5. The Bertz CT molecular complexity index is 727. The van der Waals surface area contributed by atoms with Crippen molar-refractivity contribution in [2.24, 2.45) is 0 Å². The smallest absolute Gasteiger partial charge is 0.438 e. The SMILES string of the molecule is CCc1cccc(N(O)C(=O)OC)c1COc1ccc(C)cc1C. The van der Waals surface area contributed by atoms with Crippen molar-refractivity contribution < 1.29 is 19.5 Å². The molecule has 2 aromatic carbocycles. The molecule has 0 aliphatic carbocycles. The molecular weight excluding hydrogens is 306 g/mol. The second-order valence-corrected chi connectivity index (χ2v) is 5.61. The number of benzene rings is 2. The summed E-state index contributed by atoms with van der Waals surface area (Å²) in [7, 11) is 1.22. The quantitative estimate of drug-likeness (QED) is 0.652. The van der Waals surface area contributed by atoms with Gasteiger partial charge in [0.15, 0.2) is 0 Å². The number of carbonyl (C=O) groups is 1. The summed E-state index contributed by atoms with van der Waals surface area (Å²) in [4.78, 5) is 11.6. The molecule has 2 rings (SSSR count). The van der Waals surface area contributed by atoms with Gasteiger partial charge in [0.05, 0.1) is 12.8 Å². The average molecular weight is 329 g/mol. The van der Waals surface area contributed by atoms with Gasteiger partial charge in [0.25, 0.3) is 0 Å². The van der Waals surface area contributed by atoms with Crippen LogP contribution in [0.15, 0.2) is 36.4 Å². The van der Waals surface area contributed by atoms with E-state index in [0.717, 1.165) is 28.9 Å². The van der Waals surface area contributed by atoms with Crippen LogP contribution in [0.1, 0.15) is 29.2 Å². The molecule has 0 atom stereocenters. The van der Waals surface area contributed by atoms with Gasteiger partial charge in [0.2, 0.25) is 0 Å². The maximum atomic E-state index is 11.6. The molecule has 1 amide bonds. The van der Waals surface area contributed by atoms with E-state index in [2.05, 4.69) is 10.8 Å².